The van der Waals surface area contributed by atoms with Crippen LogP contribution >= 0.6 is 0 Å². The first-order valence-electron chi connectivity index (χ1n) is 6.20. The maximum Gasteiger partial charge on any atom is 0.170 e. The molecule has 0 bridgehead atoms. The minimum atomic E-state index is -0.591. The molecule has 0 aliphatic rings. The van der Waals surface area contributed by atoms with Crippen LogP contribution in [0.3, 0.4) is 0 Å². The fourth-order valence-corrected chi connectivity index (χ4v) is 2.10. The summed E-state index contributed by atoms with van der Waals surface area (Å²) in [5, 5.41) is 0. The third-order valence-electron chi connectivity index (χ3n) is 3.15. The van der Waals surface area contributed by atoms with E-state index in [1.54, 1.807) is 24.4 Å². The number of aromatic nitrogens is 1. The number of benzene rings is 1. The van der Waals surface area contributed by atoms with Gasteiger partial charge >= 0.3 is 0 Å². The van der Waals surface area contributed by atoms with E-state index in [1.807, 2.05) is 19.1 Å². The quantitative estimate of drug-likeness (QED) is 0.919. The molecule has 1 atom stereocenters. The summed E-state index contributed by atoms with van der Waals surface area (Å²) in [6.45, 7) is 2.02. The van der Waals surface area contributed by atoms with Crippen molar-refractivity contribution in [2.75, 3.05) is 7.11 Å². The van der Waals surface area contributed by atoms with Gasteiger partial charge in [-0.25, -0.2) is 4.39 Å². The first-order valence-corrected chi connectivity index (χ1v) is 6.20. The molecule has 1 unspecified atom stereocenters. The van der Waals surface area contributed by atoms with Crippen LogP contribution in [-0.4, -0.2) is 12.1 Å². The molecule has 3 nitrogen and oxygen atoms in total. The minimum Gasteiger partial charge on any atom is -0.494 e. The molecule has 0 saturated heterocycles. The standard InChI is InChI=1S/C15H17FN2O/c1-3-10-6-5-9-18-15(10)14(17)11-7-4-8-12(19-2)13(11)16/h4-9,14H,3,17H2,1-2H3. The van der Waals surface area contributed by atoms with Crippen molar-refractivity contribution in [2.24, 2.45) is 5.73 Å². The topological polar surface area (TPSA) is 48.1 Å². The Labute approximate surface area is 112 Å². The average Bonchev–Trinajstić information content (AvgIpc) is 2.46. The molecule has 0 aliphatic heterocycles. The number of halogens is 1. The Morgan fingerprint density at radius 2 is 2.11 bits per heavy atom. The summed E-state index contributed by atoms with van der Waals surface area (Å²) < 4.78 is 19.2. The first-order chi connectivity index (χ1) is 9.19. The SMILES string of the molecule is CCc1cccnc1C(N)c1cccc(OC)c1F. The van der Waals surface area contributed by atoms with Gasteiger partial charge in [0.05, 0.1) is 18.8 Å². The second kappa shape index (κ2) is 5.80. The molecular formula is C15H17FN2O. The van der Waals surface area contributed by atoms with Gasteiger partial charge in [0.1, 0.15) is 0 Å². The highest BCUT2D eigenvalue weighted by Crippen LogP contribution is 2.28. The van der Waals surface area contributed by atoms with Gasteiger partial charge in [0, 0.05) is 11.8 Å². The fourth-order valence-electron chi connectivity index (χ4n) is 2.10. The van der Waals surface area contributed by atoms with Crippen molar-refractivity contribution in [3.05, 3.63) is 59.2 Å². The molecule has 2 rings (SSSR count). The van der Waals surface area contributed by atoms with E-state index >= 15 is 0 Å². The molecule has 19 heavy (non-hydrogen) atoms. The molecule has 0 amide bonds. The number of aryl methyl sites for hydroxylation is 1. The van der Waals surface area contributed by atoms with Crippen LogP contribution in [0.1, 0.15) is 29.8 Å². The number of nitrogens with two attached hydrogens (primary N) is 1. The highest BCUT2D eigenvalue weighted by Gasteiger charge is 2.19. The van der Waals surface area contributed by atoms with Crippen LogP contribution in [0.4, 0.5) is 4.39 Å². The molecule has 0 fully saturated rings. The molecule has 0 spiro atoms. The van der Waals surface area contributed by atoms with Crippen LogP contribution in [-0.2, 0) is 6.42 Å². The molecule has 0 aliphatic carbocycles. The number of rotatable bonds is 4. The first kappa shape index (κ1) is 13.5. The van der Waals surface area contributed by atoms with Crippen LogP contribution in [0, 0.1) is 5.82 Å². The maximum atomic E-state index is 14.2. The molecule has 1 aromatic heterocycles. The van der Waals surface area contributed by atoms with Crippen LogP contribution in [0.15, 0.2) is 36.5 Å². The summed E-state index contributed by atoms with van der Waals surface area (Å²) in [5.74, 6) is -0.230. The number of hydrogen-bond donors (Lipinski definition) is 1. The van der Waals surface area contributed by atoms with Crippen molar-refractivity contribution in [1.29, 1.82) is 0 Å². The summed E-state index contributed by atoms with van der Waals surface area (Å²) in [7, 11) is 1.44. The van der Waals surface area contributed by atoms with Gasteiger partial charge in [-0.05, 0) is 24.1 Å². The van der Waals surface area contributed by atoms with Gasteiger partial charge < -0.3 is 10.5 Å². The van der Waals surface area contributed by atoms with Crippen molar-refractivity contribution in [1.82, 2.24) is 4.98 Å². The molecule has 2 aromatic rings. The predicted octanol–water partition coefficient (Wildman–Crippen LogP) is 2.84. The zero-order valence-electron chi connectivity index (χ0n) is 11.1. The summed E-state index contributed by atoms with van der Waals surface area (Å²) >= 11 is 0. The zero-order valence-corrected chi connectivity index (χ0v) is 11.1. The number of pyridine rings is 1. The molecule has 0 radical (unpaired) electrons. The van der Waals surface area contributed by atoms with Crippen molar-refractivity contribution in [3.63, 3.8) is 0 Å². The lowest BCUT2D eigenvalue weighted by atomic mass is 9.98. The summed E-state index contributed by atoms with van der Waals surface area (Å²) in [5.41, 5.74) is 8.29. The monoisotopic (exact) mass is 260 g/mol. The lowest BCUT2D eigenvalue weighted by molar-refractivity contribution is 0.383. The van der Waals surface area contributed by atoms with E-state index in [1.165, 1.54) is 7.11 Å². The van der Waals surface area contributed by atoms with E-state index in [0.29, 0.717) is 11.3 Å². The lowest BCUT2D eigenvalue weighted by Crippen LogP contribution is -2.17. The molecule has 1 heterocycles. The fraction of sp³-hybridized carbons (Fsp3) is 0.267. The van der Waals surface area contributed by atoms with E-state index in [-0.39, 0.29) is 5.75 Å². The Kier molecular flexibility index (Phi) is 4.12. The van der Waals surface area contributed by atoms with E-state index in [9.17, 15) is 4.39 Å². The average molecular weight is 260 g/mol. The highest BCUT2D eigenvalue weighted by atomic mass is 19.1. The van der Waals surface area contributed by atoms with Crippen molar-refractivity contribution >= 4 is 0 Å². The minimum absolute atomic E-state index is 0.196. The van der Waals surface area contributed by atoms with Gasteiger partial charge in [0.25, 0.3) is 0 Å². The van der Waals surface area contributed by atoms with E-state index in [2.05, 4.69) is 4.98 Å². The van der Waals surface area contributed by atoms with Gasteiger partial charge in [-0.3, -0.25) is 4.98 Å². The Morgan fingerprint density at radius 1 is 1.32 bits per heavy atom. The smallest absolute Gasteiger partial charge is 0.170 e. The number of ether oxygens (including phenoxy) is 1. The van der Waals surface area contributed by atoms with Crippen molar-refractivity contribution < 1.29 is 9.13 Å². The largest absolute Gasteiger partial charge is 0.494 e. The zero-order chi connectivity index (χ0) is 13.8. The third-order valence-corrected chi connectivity index (χ3v) is 3.15. The van der Waals surface area contributed by atoms with Crippen molar-refractivity contribution in [3.8, 4) is 5.75 Å². The van der Waals surface area contributed by atoms with Crippen LogP contribution in [0.2, 0.25) is 0 Å². The molecule has 4 heteroatoms. The van der Waals surface area contributed by atoms with Crippen molar-refractivity contribution in [2.45, 2.75) is 19.4 Å². The molecule has 1 aromatic carbocycles. The number of hydrogen-bond acceptors (Lipinski definition) is 3. The molecule has 0 saturated carbocycles. The van der Waals surface area contributed by atoms with Crippen LogP contribution < -0.4 is 10.5 Å². The van der Waals surface area contributed by atoms with Gasteiger partial charge in [-0.1, -0.05) is 25.1 Å². The van der Waals surface area contributed by atoms with Gasteiger partial charge in [0.15, 0.2) is 11.6 Å². The van der Waals surface area contributed by atoms with Gasteiger partial charge in [-0.2, -0.15) is 0 Å². The number of methoxy groups -OCH3 is 1. The Hall–Kier alpha value is -1.94. The molecule has 2 N–H and O–H groups in total. The number of nitrogens with zero attached hydrogens (tertiary/aromatic N) is 1. The van der Waals surface area contributed by atoms with Crippen LogP contribution in [0.25, 0.3) is 0 Å². The van der Waals surface area contributed by atoms with Crippen LogP contribution in [0.5, 0.6) is 5.75 Å². The van der Waals surface area contributed by atoms with E-state index < -0.39 is 11.9 Å². The Balaban J connectivity index is 2.47. The predicted molar refractivity (Wildman–Crippen MR) is 72.6 cm³/mol. The summed E-state index contributed by atoms with van der Waals surface area (Å²) in [4.78, 5) is 4.29. The van der Waals surface area contributed by atoms with E-state index in [4.69, 9.17) is 10.5 Å². The Morgan fingerprint density at radius 3 is 2.79 bits per heavy atom. The second-order valence-corrected chi connectivity index (χ2v) is 4.24. The molecule has 100 valence electrons. The molecular weight excluding hydrogens is 243 g/mol. The third kappa shape index (κ3) is 2.58. The lowest BCUT2D eigenvalue weighted by Gasteiger charge is -2.16. The highest BCUT2D eigenvalue weighted by molar-refractivity contribution is 5.38. The second-order valence-electron chi connectivity index (χ2n) is 4.24. The van der Waals surface area contributed by atoms with E-state index in [0.717, 1.165) is 12.0 Å². The van der Waals surface area contributed by atoms with Gasteiger partial charge in [0.2, 0.25) is 0 Å². The Bertz CT molecular complexity index is 572. The summed E-state index contributed by atoms with van der Waals surface area (Å²) in [6.07, 6.45) is 2.48. The summed E-state index contributed by atoms with van der Waals surface area (Å²) in [6, 6.07) is 8.19. The normalized spacial score (nSPS) is 12.2. The maximum absolute atomic E-state index is 14.2. The van der Waals surface area contributed by atoms with Gasteiger partial charge in [-0.15, -0.1) is 0 Å².